The number of thiophene rings is 1. The molecular formula is C28H37N5O6S2. The summed E-state index contributed by atoms with van der Waals surface area (Å²) < 4.78 is 27.7. The minimum atomic E-state index is -3.73. The lowest BCUT2D eigenvalue weighted by Gasteiger charge is -2.33. The summed E-state index contributed by atoms with van der Waals surface area (Å²) in [7, 11) is -3.73. The van der Waals surface area contributed by atoms with Crippen molar-refractivity contribution in [1.82, 2.24) is 19.9 Å². The first kappa shape index (κ1) is 30.7. The molecule has 4 atom stereocenters. The summed E-state index contributed by atoms with van der Waals surface area (Å²) in [6, 6.07) is 8.56. The van der Waals surface area contributed by atoms with Gasteiger partial charge in [0.2, 0.25) is 11.8 Å². The zero-order chi connectivity index (χ0) is 29.6. The molecule has 0 bridgehead atoms. The van der Waals surface area contributed by atoms with Crippen molar-refractivity contribution in [3.63, 3.8) is 0 Å². The number of para-hydroxylation sites is 1. The minimum absolute atomic E-state index is 0.00128. The number of nitrogens with one attached hydrogen (secondary N) is 3. The number of nitrogens with zero attached hydrogens (tertiary/aromatic N) is 1. The molecule has 4 rings (SSSR count). The van der Waals surface area contributed by atoms with E-state index >= 15 is 0 Å². The van der Waals surface area contributed by atoms with Crippen molar-refractivity contribution in [2.75, 3.05) is 19.6 Å². The van der Waals surface area contributed by atoms with E-state index in [9.17, 15) is 27.9 Å². The number of aromatic amines is 1. The molecule has 0 radical (unpaired) electrons. The van der Waals surface area contributed by atoms with Gasteiger partial charge in [0.1, 0.15) is 16.3 Å². The van der Waals surface area contributed by atoms with Crippen LogP contribution in [0.1, 0.15) is 50.5 Å². The standard InChI is InChI=1S/C28H37N5O6S2/c1-18(21-16-30-22-10-3-2-9-20(21)22)25(27(35)31-23(28(36)37)11-4-5-13-29)32-26(34)19-8-6-14-33(17-19)41(38,39)24-12-7-15-40-24/h2-3,7,9-10,12,15-16,18-19,23,25,30H,4-6,8,11,13-14,17,29H2,1H3,(H,31,35)(H,32,34)(H,36,37)/t18-,19?,23-,25+/m0/s1. The van der Waals surface area contributed by atoms with E-state index in [1.165, 1.54) is 4.31 Å². The van der Waals surface area contributed by atoms with Gasteiger partial charge in [-0.1, -0.05) is 31.2 Å². The van der Waals surface area contributed by atoms with Crippen molar-refractivity contribution in [2.45, 2.75) is 61.2 Å². The number of fused-ring (bicyclic) bond motifs is 1. The van der Waals surface area contributed by atoms with Crippen LogP contribution in [0.2, 0.25) is 0 Å². The second-order valence-electron chi connectivity index (χ2n) is 10.4. The van der Waals surface area contributed by atoms with Crippen LogP contribution in [0.25, 0.3) is 10.9 Å². The van der Waals surface area contributed by atoms with Gasteiger partial charge in [0, 0.05) is 36.1 Å². The van der Waals surface area contributed by atoms with Gasteiger partial charge in [-0.05, 0) is 61.7 Å². The topological polar surface area (TPSA) is 175 Å². The fourth-order valence-corrected chi connectivity index (χ4v) is 7.93. The Labute approximate surface area is 243 Å². The van der Waals surface area contributed by atoms with Crippen molar-refractivity contribution in [3.8, 4) is 0 Å². The number of carboxylic acids is 1. The molecule has 3 heterocycles. The number of rotatable bonds is 13. The van der Waals surface area contributed by atoms with Gasteiger partial charge >= 0.3 is 5.97 Å². The van der Waals surface area contributed by atoms with Crippen LogP contribution in [0.4, 0.5) is 0 Å². The first-order valence-corrected chi connectivity index (χ1v) is 16.1. The third-order valence-electron chi connectivity index (χ3n) is 7.60. The summed E-state index contributed by atoms with van der Waals surface area (Å²) >= 11 is 1.12. The van der Waals surface area contributed by atoms with Crippen LogP contribution in [-0.4, -0.2) is 72.3 Å². The van der Waals surface area contributed by atoms with Crippen molar-refractivity contribution in [2.24, 2.45) is 11.7 Å². The Balaban J connectivity index is 1.56. The summed E-state index contributed by atoms with van der Waals surface area (Å²) in [6.07, 6.45) is 4.11. The number of H-pyrrole nitrogens is 1. The Morgan fingerprint density at radius 1 is 1.17 bits per heavy atom. The number of amides is 2. The summed E-state index contributed by atoms with van der Waals surface area (Å²) in [6.45, 7) is 2.53. The maximum atomic E-state index is 13.6. The Kier molecular flexibility index (Phi) is 10.2. The van der Waals surface area contributed by atoms with Crippen molar-refractivity contribution >= 4 is 50.0 Å². The van der Waals surface area contributed by atoms with E-state index in [1.54, 1.807) is 30.6 Å². The molecule has 1 aliphatic rings. The van der Waals surface area contributed by atoms with Gasteiger partial charge in [-0.3, -0.25) is 9.59 Å². The Morgan fingerprint density at radius 3 is 2.66 bits per heavy atom. The number of hydrogen-bond donors (Lipinski definition) is 5. The number of unbranched alkanes of at least 4 members (excludes halogenated alkanes) is 1. The number of sulfonamides is 1. The second kappa shape index (κ2) is 13.6. The monoisotopic (exact) mass is 603 g/mol. The van der Waals surface area contributed by atoms with E-state index in [2.05, 4.69) is 15.6 Å². The molecular weight excluding hydrogens is 566 g/mol. The number of hydrogen-bond acceptors (Lipinski definition) is 7. The third-order valence-corrected chi connectivity index (χ3v) is 10.8. The lowest BCUT2D eigenvalue weighted by atomic mass is 9.90. The number of benzene rings is 1. The molecule has 1 aliphatic heterocycles. The van der Waals surface area contributed by atoms with Crippen LogP contribution in [-0.2, 0) is 24.4 Å². The SMILES string of the molecule is C[C@@H](c1c[nH]c2ccccc12)[C@@H](NC(=O)C1CCCN(S(=O)(=O)c2cccs2)C1)C(=O)N[C@@H](CCCCN)C(=O)O. The number of aromatic nitrogens is 1. The van der Waals surface area contributed by atoms with Gasteiger partial charge in [-0.15, -0.1) is 11.3 Å². The first-order chi connectivity index (χ1) is 19.6. The number of piperidine rings is 1. The molecule has 11 nitrogen and oxygen atoms in total. The molecule has 0 aliphatic carbocycles. The van der Waals surface area contributed by atoms with Gasteiger partial charge in [0.25, 0.3) is 10.0 Å². The zero-order valence-electron chi connectivity index (χ0n) is 22.9. The van der Waals surface area contributed by atoms with Crippen LogP contribution < -0.4 is 16.4 Å². The van der Waals surface area contributed by atoms with Gasteiger partial charge < -0.3 is 26.5 Å². The van der Waals surface area contributed by atoms with Crippen LogP contribution in [0.15, 0.2) is 52.2 Å². The highest BCUT2D eigenvalue weighted by Crippen LogP contribution is 2.30. The molecule has 2 aromatic heterocycles. The highest BCUT2D eigenvalue weighted by atomic mass is 32.2. The number of nitrogens with two attached hydrogens (primary N) is 1. The summed E-state index contributed by atoms with van der Waals surface area (Å²) in [4.78, 5) is 42.3. The van der Waals surface area contributed by atoms with E-state index in [-0.39, 0.29) is 17.2 Å². The van der Waals surface area contributed by atoms with Gasteiger partial charge in [0.15, 0.2) is 0 Å². The lowest BCUT2D eigenvalue weighted by Crippen LogP contribution is -2.55. The zero-order valence-corrected chi connectivity index (χ0v) is 24.5. The maximum absolute atomic E-state index is 13.6. The predicted octanol–water partition coefficient (Wildman–Crippen LogP) is 2.62. The minimum Gasteiger partial charge on any atom is -0.480 e. The average Bonchev–Trinajstić information content (AvgIpc) is 3.66. The first-order valence-electron chi connectivity index (χ1n) is 13.8. The molecule has 1 unspecified atom stereocenters. The van der Waals surface area contributed by atoms with E-state index in [4.69, 9.17) is 5.73 Å². The molecule has 41 heavy (non-hydrogen) atoms. The van der Waals surface area contributed by atoms with Gasteiger partial charge in [0.05, 0.1) is 5.92 Å². The number of carbonyl (C=O) groups excluding carboxylic acids is 2. The molecule has 1 fully saturated rings. The molecule has 6 N–H and O–H groups in total. The molecule has 0 spiro atoms. The van der Waals surface area contributed by atoms with Crippen LogP contribution in [0, 0.1) is 5.92 Å². The lowest BCUT2D eigenvalue weighted by molar-refractivity contribution is -0.142. The molecule has 2 amide bonds. The molecule has 1 aromatic carbocycles. The van der Waals surface area contributed by atoms with E-state index in [1.807, 2.05) is 24.3 Å². The van der Waals surface area contributed by atoms with Gasteiger partial charge in [-0.25, -0.2) is 13.2 Å². The van der Waals surface area contributed by atoms with Crippen LogP contribution in [0.5, 0.6) is 0 Å². The molecule has 3 aromatic rings. The van der Waals surface area contributed by atoms with Gasteiger partial charge in [-0.2, -0.15) is 4.31 Å². The van der Waals surface area contributed by atoms with Crippen molar-refractivity contribution < 1.29 is 27.9 Å². The van der Waals surface area contributed by atoms with Crippen molar-refractivity contribution in [1.29, 1.82) is 0 Å². The molecule has 1 saturated heterocycles. The predicted molar refractivity (Wildman–Crippen MR) is 157 cm³/mol. The molecule has 0 saturated carbocycles. The Morgan fingerprint density at radius 2 is 1.95 bits per heavy atom. The smallest absolute Gasteiger partial charge is 0.326 e. The Hall–Kier alpha value is -3.26. The summed E-state index contributed by atoms with van der Waals surface area (Å²) in [5, 5.41) is 17.8. The van der Waals surface area contributed by atoms with Crippen molar-refractivity contribution in [3.05, 3.63) is 53.5 Å². The number of aliphatic carboxylic acids is 1. The molecule has 222 valence electrons. The average molecular weight is 604 g/mol. The fourth-order valence-electron chi connectivity index (χ4n) is 5.26. The van der Waals surface area contributed by atoms with E-state index in [0.29, 0.717) is 38.8 Å². The second-order valence-corrected chi connectivity index (χ2v) is 13.5. The Bertz CT molecular complexity index is 1460. The highest BCUT2D eigenvalue weighted by molar-refractivity contribution is 7.91. The summed E-state index contributed by atoms with van der Waals surface area (Å²) in [5.41, 5.74) is 7.20. The van der Waals surface area contributed by atoms with Crippen LogP contribution >= 0.6 is 11.3 Å². The third kappa shape index (κ3) is 7.15. The largest absolute Gasteiger partial charge is 0.480 e. The van der Waals surface area contributed by atoms with Crippen LogP contribution in [0.3, 0.4) is 0 Å². The highest BCUT2D eigenvalue weighted by Gasteiger charge is 2.37. The van der Waals surface area contributed by atoms with E-state index < -0.39 is 51.7 Å². The number of carboxylic acid groups (broad SMARTS) is 1. The quantitative estimate of drug-likeness (QED) is 0.187. The maximum Gasteiger partial charge on any atom is 0.326 e. The number of carbonyl (C=O) groups is 3. The van der Waals surface area contributed by atoms with E-state index in [0.717, 1.165) is 27.8 Å². The summed E-state index contributed by atoms with van der Waals surface area (Å²) in [5.74, 6) is -3.41. The molecule has 13 heteroatoms. The normalized spacial score (nSPS) is 18.4. The fraction of sp³-hybridized carbons (Fsp3) is 0.464.